The average Bonchev–Trinajstić information content (AvgIpc) is 1.83. The summed E-state index contributed by atoms with van der Waals surface area (Å²) in [5.41, 5.74) is 0. The topological polar surface area (TPSA) is 18.5 Å². The lowest BCUT2D eigenvalue weighted by Crippen LogP contribution is -2.13. The molecule has 0 aliphatic rings. The van der Waals surface area contributed by atoms with Gasteiger partial charge in [-0.3, -0.25) is 0 Å². The van der Waals surface area contributed by atoms with Crippen LogP contribution in [0.25, 0.3) is 0 Å². The Morgan fingerprint density at radius 1 is 1.38 bits per heavy atom. The zero-order valence-corrected chi connectivity index (χ0v) is 7.22. The van der Waals surface area contributed by atoms with Crippen molar-refractivity contribution in [1.29, 1.82) is 0 Å². The van der Waals surface area contributed by atoms with Gasteiger partial charge in [0.05, 0.1) is 0 Å². The predicted molar refractivity (Wildman–Crippen MR) is 37.0 cm³/mol. The van der Waals surface area contributed by atoms with Crippen molar-refractivity contribution in [3.63, 3.8) is 0 Å². The minimum atomic E-state index is 0.0617. The van der Waals surface area contributed by atoms with Gasteiger partial charge >= 0.3 is 0 Å². The van der Waals surface area contributed by atoms with Gasteiger partial charge in [-0.2, -0.15) is 0 Å². The number of rotatable bonds is 4. The van der Waals surface area contributed by atoms with Crippen molar-refractivity contribution in [1.82, 2.24) is 0 Å². The molecular weight excluding hydrogens is 120 g/mol. The van der Waals surface area contributed by atoms with Gasteiger partial charge < -0.3 is 9.47 Å². The molecule has 0 heterocycles. The van der Waals surface area contributed by atoms with Gasteiger partial charge in [-0.1, -0.05) is 6.55 Å². The minimum Gasteiger partial charge on any atom is -0.356 e. The quantitative estimate of drug-likeness (QED) is 0.405. The summed E-state index contributed by atoms with van der Waals surface area (Å²) in [5.74, 6) is 0. The van der Waals surface area contributed by atoms with Gasteiger partial charge in [0, 0.05) is 23.7 Å². The van der Waals surface area contributed by atoms with E-state index >= 15 is 0 Å². The number of ether oxygens (including phenoxy) is 2. The third-order valence-electron chi connectivity index (χ3n) is 1.05. The van der Waals surface area contributed by atoms with E-state index in [1.807, 2.05) is 0 Å². The van der Waals surface area contributed by atoms with Crippen LogP contribution in [0.4, 0.5) is 0 Å². The second-order valence-electron chi connectivity index (χ2n) is 1.69. The van der Waals surface area contributed by atoms with Gasteiger partial charge in [0.1, 0.15) is 0 Å². The Bertz CT molecular complexity index is 45.7. The van der Waals surface area contributed by atoms with E-state index in [-0.39, 0.29) is 15.8 Å². The molecule has 0 aromatic carbocycles. The molecule has 0 N–H and O–H groups in total. The molecule has 8 heavy (non-hydrogen) atoms. The molecule has 0 spiro atoms. The Hall–Kier alpha value is 0.137. The normalized spacial score (nSPS) is 12.0. The third-order valence-corrected chi connectivity index (χ3v) is 2.10. The summed E-state index contributed by atoms with van der Waals surface area (Å²) in [6, 6.07) is 1.12. The molecule has 0 aromatic rings. The van der Waals surface area contributed by atoms with Gasteiger partial charge in [-0.15, -0.1) is 0 Å². The summed E-state index contributed by atoms with van der Waals surface area (Å²) in [6.45, 7) is 2.24. The number of hydrogen-bond acceptors (Lipinski definition) is 2. The zero-order chi connectivity index (χ0) is 6.41. The lowest BCUT2D eigenvalue weighted by atomic mass is 10.7. The predicted octanol–water partition coefficient (Wildman–Crippen LogP) is 0.240. The van der Waals surface area contributed by atoms with E-state index in [1.54, 1.807) is 14.2 Å². The number of hydrogen-bond donors (Lipinski definition) is 0. The molecule has 0 aliphatic carbocycles. The van der Waals surface area contributed by atoms with Crippen LogP contribution in [0.5, 0.6) is 0 Å². The van der Waals surface area contributed by atoms with Crippen molar-refractivity contribution >= 4 is 9.52 Å². The maximum Gasteiger partial charge on any atom is 0.153 e. The van der Waals surface area contributed by atoms with Crippen LogP contribution >= 0.6 is 0 Å². The zero-order valence-electron chi connectivity index (χ0n) is 5.81. The van der Waals surface area contributed by atoms with Gasteiger partial charge in [0.25, 0.3) is 0 Å². The highest BCUT2D eigenvalue weighted by atomic mass is 28.2. The summed E-state index contributed by atoms with van der Waals surface area (Å²) in [7, 11) is 3.45. The fraction of sp³-hybridized carbons (Fsp3) is 1.00. The smallest absolute Gasteiger partial charge is 0.153 e. The maximum absolute atomic E-state index is 4.95. The molecule has 0 rings (SSSR count). The molecule has 0 aliphatic heterocycles. The van der Waals surface area contributed by atoms with E-state index in [2.05, 4.69) is 6.55 Å². The summed E-state index contributed by atoms with van der Waals surface area (Å²) in [6.07, 6.45) is 0.0617. The second-order valence-corrected chi connectivity index (χ2v) is 3.27. The van der Waals surface area contributed by atoms with E-state index in [4.69, 9.17) is 9.47 Å². The van der Waals surface area contributed by atoms with Gasteiger partial charge in [-0.05, 0) is 6.04 Å². The highest BCUT2D eigenvalue weighted by Gasteiger charge is 2.00. The molecule has 0 radical (unpaired) electrons. The Morgan fingerprint density at radius 2 is 1.88 bits per heavy atom. The molecule has 0 amide bonds. The lowest BCUT2D eigenvalue weighted by molar-refractivity contribution is -0.0875. The van der Waals surface area contributed by atoms with Crippen LogP contribution in [0, 0.1) is 0 Å². The fourth-order valence-corrected chi connectivity index (χ4v) is 1.51. The Balaban J connectivity index is 3.07. The molecule has 0 fully saturated rings. The Morgan fingerprint density at radius 3 is 2.00 bits per heavy atom. The maximum atomic E-state index is 4.95. The van der Waals surface area contributed by atoms with Crippen molar-refractivity contribution < 1.29 is 9.47 Å². The van der Waals surface area contributed by atoms with Crippen LogP contribution in [0.2, 0.25) is 12.6 Å². The summed E-state index contributed by atoms with van der Waals surface area (Å²) in [4.78, 5) is 0. The first-order valence-electron chi connectivity index (χ1n) is 2.90. The van der Waals surface area contributed by atoms with Crippen LogP contribution in [0.1, 0.15) is 0 Å². The molecule has 0 atom stereocenters. The Labute approximate surface area is 53.0 Å². The van der Waals surface area contributed by atoms with E-state index < -0.39 is 0 Å². The minimum absolute atomic E-state index is 0.0617. The van der Waals surface area contributed by atoms with Crippen LogP contribution in [-0.2, 0) is 9.47 Å². The number of methoxy groups -OCH3 is 2. The molecule has 50 valence electrons. The molecule has 0 saturated carbocycles. The van der Waals surface area contributed by atoms with Crippen LogP contribution in [-0.4, -0.2) is 30.0 Å². The SMILES string of the molecule is COC(C[SiH2]C)OC. The first-order valence-corrected chi connectivity index (χ1v) is 5.32. The fourth-order valence-electron chi connectivity index (χ4n) is 0.568. The van der Waals surface area contributed by atoms with E-state index in [0.717, 1.165) is 6.04 Å². The summed E-state index contributed by atoms with van der Waals surface area (Å²) in [5, 5.41) is 0. The van der Waals surface area contributed by atoms with Gasteiger partial charge in [-0.25, -0.2) is 0 Å². The largest absolute Gasteiger partial charge is 0.356 e. The van der Waals surface area contributed by atoms with E-state index in [1.165, 1.54) is 0 Å². The highest BCUT2D eigenvalue weighted by Crippen LogP contribution is 1.95. The molecule has 0 aromatic heterocycles. The molecular formula is C5H14O2Si. The molecule has 0 bridgehead atoms. The van der Waals surface area contributed by atoms with Gasteiger partial charge in [0.15, 0.2) is 6.29 Å². The first-order chi connectivity index (χ1) is 3.85. The van der Waals surface area contributed by atoms with Crippen molar-refractivity contribution in [2.45, 2.75) is 18.9 Å². The second kappa shape index (κ2) is 5.28. The molecule has 0 unspecified atom stereocenters. The summed E-state index contributed by atoms with van der Waals surface area (Å²) >= 11 is 0. The van der Waals surface area contributed by atoms with Crippen LogP contribution in [0.15, 0.2) is 0 Å². The van der Waals surface area contributed by atoms with Crippen LogP contribution < -0.4 is 0 Å². The van der Waals surface area contributed by atoms with Crippen molar-refractivity contribution in [3.8, 4) is 0 Å². The van der Waals surface area contributed by atoms with Crippen molar-refractivity contribution in [3.05, 3.63) is 0 Å². The first kappa shape index (κ1) is 8.14. The molecule has 2 nitrogen and oxygen atoms in total. The Kier molecular flexibility index (Phi) is 5.37. The van der Waals surface area contributed by atoms with Crippen molar-refractivity contribution in [2.75, 3.05) is 14.2 Å². The monoisotopic (exact) mass is 134 g/mol. The lowest BCUT2D eigenvalue weighted by Gasteiger charge is -2.10. The third kappa shape index (κ3) is 3.18. The summed E-state index contributed by atoms with van der Waals surface area (Å²) < 4.78 is 9.90. The van der Waals surface area contributed by atoms with Crippen LogP contribution in [0.3, 0.4) is 0 Å². The average molecular weight is 134 g/mol. The van der Waals surface area contributed by atoms with E-state index in [9.17, 15) is 0 Å². The van der Waals surface area contributed by atoms with Gasteiger partial charge in [0.2, 0.25) is 0 Å². The molecule has 0 saturated heterocycles. The van der Waals surface area contributed by atoms with Crippen molar-refractivity contribution in [2.24, 2.45) is 0 Å². The standard InChI is InChI=1S/C5H14O2Si/c1-6-5(7-2)4-8-3/h5H,4,8H2,1-3H3. The molecule has 3 heteroatoms. The van der Waals surface area contributed by atoms with E-state index in [0.29, 0.717) is 0 Å². The highest BCUT2D eigenvalue weighted by molar-refractivity contribution is 6.33.